The third-order valence-electron chi connectivity index (χ3n) is 3.35. The molecule has 0 unspecified atom stereocenters. The zero-order valence-corrected chi connectivity index (χ0v) is 13.3. The molecule has 0 aliphatic carbocycles. The molecule has 2 aromatic rings. The maximum Gasteiger partial charge on any atom is 0.125 e. The first-order valence-corrected chi connectivity index (χ1v) is 7.09. The van der Waals surface area contributed by atoms with Crippen LogP contribution in [0.1, 0.15) is 22.3 Å². The van der Waals surface area contributed by atoms with Gasteiger partial charge in [-0.25, -0.2) is 0 Å². The van der Waals surface area contributed by atoms with E-state index in [1.807, 2.05) is 50.2 Å². The van der Waals surface area contributed by atoms with Gasteiger partial charge >= 0.3 is 0 Å². The highest BCUT2D eigenvalue weighted by Gasteiger charge is 2.09. The van der Waals surface area contributed by atoms with Gasteiger partial charge in [0.15, 0.2) is 0 Å². The first kappa shape index (κ1) is 15.3. The molecule has 2 N–H and O–H groups in total. The zero-order chi connectivity index (χ0) is 15.4. The number of nitrogens with two attached hydrogens (primary N) is 1. The second kappa shape index (κ2) is 6.59. The molecule has 0 aliphatic heterocycles. The molecular formula is C17H19NO2S. The van der Waals surface area contributed by atoms with Crippen LogP contribution in [-0.4, -0.2) is 12.1 Å². The second-order valence-electron chi connectivity index (χ2n) is 4.90. The smallest absolute Gasteiger partial charge is 0.125 e. The Bertz CT molecular complexity index is 648. The quantitative estimate of drug-likeness (QED) is 0.858. The average Bonchev–Trinajstić information content (AvgIpc) is 2.46. The van der Waals surface area contributed by atoms with Crippen LogP contribution in [0.3, 0.4) is 0 Å². The Morgan fingerprint density at radius 1 is 1.14 bits per heavy atom. The average molecular weight is 301 g/mol. The summed E-state index contributed by atoms with van der Waals surface area (Å²) in [6, 6.07) is 11.7. The van der Waals surface area contributed by atoms with Crippen LogP contribution in [0.4, 0.5) is 0 Å². The Hall–Kier alpha value is -2.07. The summed E-state index contributed by atoms with van der Waals surface area (Å²) in [4.78, 5) is 0.367. The van der Waals surface area contributed by atoms with Gasteiger partial charge in [-0.3, -0.25) is 0 Å². The van der Waals surface area contributed by atoms with Gasteiger partial charge < -0.3 is 15.2 Å². The topological polar surface area (TPSA) is 44.5 Å². The third kappa shape index (κ3) is 3.52. The van der Waals surface area contributed by atoms with Crippen molar-refractivity contribution in [3.63, 3.8) is 0 Å². The molecule has 0 atom stereocenters. The van der Waals surface area contributed by atoms with Crippen LogP contribution in [-0.2, 0) is 6.61 Å². The fourth-order valence-corrected chi connectivity index (χ4v) is 2.35. The lowest BCUT2D eigenvalue weighted by atomic mass is 10.1. The van der Waals surface area contributed by atoms with Crippen LogP contribution in [0.2, 0.25) is 0 Å². The summed E-state index contributed by atoms with van der Waals surface area (Å²) < 4.78 is 11.3. The normalized spacial score (nSPS) is 10.2. The maximum atomic E-state index is 5.97. The van der Waals surface area contributed by atoms with Gasteiger partial charge in [0.05, 0.1) is 7.11 Å². The van der Waals surface area contributed by atoms with Gasteiger partial charge in [0, 0.05) is 11.1 Å². The Labute approximate surface area is 130 Å². The van der Waals surface area contributed by atoms with Gasteiger partial charge in [0.1, 0.15) is 23.1 Å². The lowest BCUT2D eigenvalue weighted by molar-refractivity contribution is 0.293. The summed E-state index contributed by atoms with van der Waals surface area (Å²) in [6.45, 7) is 4.47. The minimum atomic E-state index is 0.367. The van der Waals surface area contributed by atoms with Crippen molar-refractivity contribution in [2.45, 2.75) is 20.5 Å². The maximum absolute atomic E-state index is 5.97. The van der Waals surface area contributed by atoms with Crippen molar-refractivity contribution in [3.8, 4) is 11.5 Å². The monoisotopic (exact) mass is 301 g/mol. The summed E-state index contributed by atoms with van der Waals surface area (Å²) >= 11 is 5.02. The molecule has 2 aromatic carbocycles. The lowest BCUT2D eigenvalue weighted by Crippen LogP contribution is -2.10. The van der Waals surface area contributed by atoms with E-state index in [2.05, 4.69) is 0 Å². The number of hydrogen-bond donors (Lipinski definition) is 1. The van der Waals surface area contributed by atoms with Gasteiger partial charge in [-0.1, -0.05) is 30.4 Å². The van der Waals surface area contributed by atoms with Gasteiger partial charge in [0.2, 0.25) is 0 Å². The highest BCUT2D eigenvalue weighted by Crippen LogP contribution is 2.26. The summed E-state index contributed by atoms with van der Waals surface area (Å²) in [5.41, 5.74) is 9.63. The van der Waals surface area contributed by atoms with E-state index in [1.54, 1.807) is 7.11 Å². The molecule has 0 saturated heterocycles. The lowest BCUT2D eigenvalue weighted by Gasteiger charge is -2.14. The predicted octanol–water partition coefficient (Wildman–Crippen LogP) is 3.53. The fourth-order valence-electron chi connectivity index (χ4n) is 2.22. The molecular weight excluding hydrogens is 282 g/mol. The van der Waals surface area contributed by atoms with Crippen molar-refractivity contribution in [2.75, 3.05) is 7.11 Å². The standard InChI is InChI=1S/C17H19NO2S/c1-11-5-4-6-12(2)16(11)20-10-14-9-13(17(18)21)7-8-15(14)19-3/h4-9H,10H2,1-3H3,(H2,18,21). The number of rotatable bonds is 5. The number of ether oxygens (including phenoxy) is 2. The number of methoxy groups -OCH3 is 1. The van der Waals surface area contributed by atoms with Crippen molar-refractivity contribution in [3.05, 3.63) is 58.7 Å². The first-order valence-electron chi connectivity index (χ1n) is 6.68. The number of benzene rings is 2. The summed E-state index contributed by atoms with van der Waals surface area (Å²) in [5, 5.41) is 0. The first-order chi connectivity index (χ1) is 10.0. The second-order valence-corrected chi connectivity index (χ2v) is 5.34. The number of thiocarbonyl (C=S) groups is 1. The van der Waals surface area contributed by atoms with Crippen molar-refractivity contribution in [1.29, 1.82) is 0 Å². The third-order valence-corrected chi connectivity index (χ3v) is 3.58. The van der Waals surface area contributed by atoms with Gasteiger partial charge in [-0.05, 0) is 43.2 Å². The van der Waals surface area contributed by atoms with Gasteiger partial charge in [-0.15, -0.1) is 0 Å². The molecule has 0 spiro atoms. The van der Waals surface area contributed by atoms with Crippen molar-refractivity contribution < 1.29 is 9.47 Å². The molecule has 3 nitrogen and oxygen atoms in total. The minimum Gasteiger partial charge on any atom is -0.496 e. The van der Waals surface area contributed by atoms with Crippen LogP contribution in [0.25, 0.3) is 0 Å². The number of para-hydroxylation sites is 1. The Morgan fingerprint density at radius 2 is 1.81 bits per heavy atom. The van der Waals surface area contributed by atoms with Gasteiger partial charge in [0.25, 0.3) is 0 Å². The van der Waals surface area contributed by atoms with Crippen LogP contribution in [0, 0.1) is 13.8 Å². The van der Waals surface area contributed by atoms with E-state index in [0.717, 1.165) is 33.8 Å². The molecule has 0 fully saturated rings. The molecule has 21 heavy (non-hydrogen) atoms. The van der Waals surface area contributed by atoms with Crippen LogP contribution >= 0.6 is 12.2 Å². The largest absolute Gasteiger partial charge is 0.496 e. The molecule has 110 valence electrons. The van der Waals surface area contributed by atoms with Crippen LogP contribution in [0.5, 0.6) is 11.5 Å². The van der Waals surface area contributed by atoms with Gasteiger partial charge in [-0.2, -0.15) is 0 Å². The highest BCUT2D eigenvalue weighted by molar-refractivity contribution is 7.80. The molecule has 0 aliphatic rings. The van der Waals surface area contributed by atoms with E-state index < -0.39 is 0 Å². The molecule has 0 aromatic heterocycles. The molecule has 0 amide bonds. The SMILES string of the molecule is COc1ccc(C(N)=S)cc1COc1c(C)cccc1C. The van der Waals surface area contributed by atoms with E-state index >= 15 is 0 Å². The van der Waals surface area contributed by atoms with E-state index in [-0.39, 0.29) is 0 Å². The molecule has 0 radical (unpaired) electrons. The summed E-state index contributed by atoms with van der Waals surface area (Å²) in [6.07, 6.45) is 0. The molecule has 2 rings (SSSR count). The van der Waals surface area contributed by atoms with Crippen molar-refractivity contribution >= 4 is 17.2 Å². The fraction of sp³-hybridized carbons (Fsp3) is 0.235. The van der Waals surface area contributed by atoms with Crippen LogP contribution < -0.4 is 15.2 Å². The van der Waals surface area contributed by atoms with E-state index in [9.17, 15) is 0 Å². The molecule has 0 saturated carbocycles. The van der Waals surface area contributed by atoms with E-state index in [4.69, 9.17) is 27.4 Å². The van der Waals surface area contributed by atoms with E-state index in [0.29, 0.717) is 11.6 Å². The molecule has 0 heterocycles. The number of hydrogen-bond acceptors (Lipinski definition) is 3. The van der Waals surface area contributed by atoms with Crippen molar-refractivity contribution in [2.24, 2.45) is 5.73 Å². The Morgan fingerprint density at radius 3 is 2.38 bits per heavy atom. The molecule has 0 bridgehead atoms. The molecule has 4 heteroatoms. The minimum absolute atomic E-state index is 0.367. The predicted molar refractivity (Wildman–Crippen MR) is 89.1 cm³/mol. The van der Waals surface area contributed by atoms with Crippen molar-refractivity contribution in [1.82, 2.24) is 0 Å². The Balaban J connectivity index is 2.26. The summed E-state index contributed by atoms with van der Waals surface area (Å²) in [5.74, 6) is 1.67. The Kier molecular flexibility index (Phi) is 4.81. The zero-order valence-electron chi connectivity index (χ0n) is 12.5. The number of aryl methyl sites for hydroxylation is 2. The highest BCUT2D eigenvalue weighted by atomic mass is 32.1. The van der Waals surface area contributed by atoms with Crippen LogP contribution in [0.15, 0.2) is 36.4 Å². The summed E-state index contributed by atoms with van der Waals surface area (Å²) in [7, 11) is 1.64. The van der Waals surface area contributed by atoms with E-state index in [1.165, 1.54) is 0 Å².